The summed E-state index contributed by atoms with van der Waals surface area (Å²) in [6.07, 6.45) is 5.27. The van der Waals surface area contributed by atoms with Gasteiger partial charge in [-0.25, -0.2) is 9.97 Å². The van der Waals surface area contributed by atoms with Gasteiger partial charge in [0.2, 0.25) is 0 Å². The minimum atomic E-state index is -0.188. The Kier molecular flexibility index (Phi) is 3.49. The molecule has 2 bridgehead atoms. The van der Waals surface area contributed by atoms with Crippen LogP contribution in [0.25, 0.3) is 10.9 Å². The predicted octanol–water partition coefficient (Wildman–Crippen LogP) is 2.14. The Bertz CT molecular complexity index is 722. The van der Waals surface area contributed by atoms with Crippen molar-refractivity contribution >= 4 is 16.7 Å². The number of hydrogen-bond donors (Lipinski definition) is 1. The molecule has 2 aliphatic rings. The van der Waals surface area contributed by atoms with Gasteiger partial charge >= 0.3 is 0 Å². The van der Waals surface area contributed by atoms with Crippen molar-refractivity contribution in [3.8, 4) is 11.5 Å². The molecule has 1 aromatic heterocycles. The van der Waals surface area contributed by atoms with Crippen LogP contribution in [0.5, 0.6) is 11.5 Å². The molecule has 6 nitrogen and oxygen atoms in total. The zero-order valence-corrected chi connectivity index (χ0v) is 13.4. The molecular formula is C17H21N3O3. The van der Waals surface area contributed by atoms with Crippen LogP contribution in [0.4, 0.5) is 5.82 Å². The molecule has 2 atom stereocenters. The van der Waals surface area contributed by atoms with Crippen LogP contribution in [0.1, 0.15) is 25.7 Å². The van der Waals surface area contributed by atoms with Gasteiger partial charge in [0, 0.05) is 23.5 Å². The van der Waals surface area contributed by atoms with Crippen LogP contribution in [0, 0.1) is 0 Å². The summed E-state index contributed by atoms with van der Waals surface area (Å²) in [4.78, 5) is 11.3. The predicted molar refractivity (Wildman–Crippen MR) is 87.2 cm³/mol. The summed E-state index contributed by atoms with van der Waals surface area (Å²) in [6.45, 7) is 0. The van der Waals surface area contributed by atoms with E-state index in [9.17, 15) is 5.11 Å². The quantitative estimate of drug-likeness (QED) is 0.936. The van der Waals surface area contributed by atoms with E-state index in [1.807, 2.05) is 12.1 Å². The van der Waals surface area contributed by atoms with Crippen molar-refractivity contribution in [1.82, 2.24) is 9.97 Å². The number of fused-ring (bicyclic) bond motifs is 3. The Morgan fingerprint density at radius 1 is 1.04 bits per heavy atom. The molecule has 4 rings (SSSR count). The van der Waals surface area contributed by atoms with E-state index in [0.717, 1.165) is 42.4 Å². The maximum atomic E-state index is 10.0. The Labute approximate surface area is 135 Å². The number of nitrogens with zero attached hydrogens (tertiary/aromatic N) is 3. The lowest BCUT2D eigenvalue weighted by Gasteiger charge is -2.38. The lowest BCUT2D eigenvalue weighted by molar-refractivity contribution is 0.126. The Morgan fingerprint density at radius 3 is 2.35 bits per heavy atom. The molecule has 2 unspecified atom stereocenters. The normalized spacial score (nSPS) is 26.6. The zero-order chi connectivity index (χ0) is 16.0. The first-order chi connectivity index (χ1) is 11.2. The van der Waals surface area contributed by atoms with Gasteiger partial charge in [0.1, 0.15) is 12.1 Å². The van der Waals surface area contributed by atoms with Crippen molar-refractivity contribution in [3.63, 3.8) is 0 Å². The van der Waals surface area contributed by atoms with E-state index in [-0.39, 0.29) is 6.10 Å². The minimum absolute atomic E-state index is 0.188. The summed E-state index contributed by atoms with van der Waals surface area (Å²) < 4.78 is 10.8. The fourth-order valence-electron chi connectivity index (χ4n) is 4.07. The molecule has 0 amide bonds. The van der Waals surface area contributed by atoms with Crippen LogP contribution < -0.4 is 14.4 Å². The van der Waals surface area contributed by atoms with E-state index >= 15 is 0 Å². The number of rotatable bonds is 3. The van der Waals surface area contributed by atoms with Gasteiger partial charge in [0.15, 0.2) is 11.5 Å². The third-order valence-corrected chi connectivity index (χ3v) is 5.07. The molecule has 6 heteroatoms. The molecule has 1 aromatic carbocycles. The number of anilines is 1. The van der Waals surface area contributed by atoms with E-state index in [1.54, 1.807) is 20.5 Å². The average molecular weight is 315 g/mol. The number of methoxy groups -OCH3 is 2. The number of hydrogen-bond acceptors (Lipinski definition) is 6. The Hall–Kier alpha value is -2.08. The van der Waals surface area contributed by atoms with Crippen molar-refractivity contribution in [2.75, 3.05) is 19.1 Å². The van der Waals surface area contributed by atoms with Crippen LogP contribution in [0.15, 0.2) is 18.5 Å². The summed E-state index contributed by atoms with van der Waals surface area (Å²) in [6, 6.07) is 4.55. The van der Waals surface area contributed by atoms with Gasteiger partial charge in [-0.3, -0.25) is 0 Å². The molecule has 2 aromatic rings. The first kappa shape index (κ1) is 14.5. The van der Waals surface area contributed by atoms with Gasteiger partial charge in [-0.05, 0) is 31.7 Å². The SMILES string of the molecule is COc1cc2ncnc(N3C4CCC3CC(O)C4)c2cc1OC. The number of aliphatic hydroxyl groups excluding tert-OH is 1. The van der Waals surface area contributed by atoms with Crippen molar-refractivity contribution in [2.24, 2.45) is 0 Å². The second-order valence-electron chi connectivity index (χ2n) is 6.34. The topological polar surface area (TPSA) is 67.7 Å². The highest BCUT2D eigenvalue weighted by Crippen LogP contribution is 2.42. The van der Waals surface area contributed by atoms with Crippen molar-refractivity contribution in [2.45, 2.75) is 43.9 Å². The van der Waals surface area contributed by atoms with Crippen LogP contribution in [-0.2, 0) is 0 Å². The standard InChI is InChI=1S/C17H21N3O3/c1-22-15-7-13-14(8-16(15)23-2)18-9-19-17(13)20-10-3-4-11(20)6-12(21)5-10/h7-12,21H,3-6H2,1-2H3. The number of ether oxygens (including phenoxy) is 2. The van der Waals surface area contributed by atoms with Gasteiger partial charge in [-0.2, -0.15) is 0 Å². The zero-order valence-electron chi connectivity index (χ0n) is 13.4. The van der Waals surface area contributed by atoms with Gasteiger partial charge < -0.3 is 19.5 Å². The summed E-state index contributed by atoms with van der Waals surface area (Å²) in [5.74, 6) is 2.29. The van der Waals surface area contributed by atoms with Gasteiger partial charge in [-0.1, -0.05) is 0 Å². The molecular weight excluding hydrogens is 294 g/mol. The Balaban J connectivity index is 1.84. The van der Waals surface area contributed by atoms with Crippen LogP contribution in [-0.4, -0.2) is 47.5 Å². The highest BCUT2D eigenvalue weighted by molar-refractivity contribution is 5.92. The molecule has 2 saturated heterocycles. The van der Waals surface area contributed by atoms with Gasteiger partial charge in [-0.15, -0.1) is 0 Å². The molecule has 0 saturated carbocycles. The molecule has 0 radical (unpaired) electrons. The monoisotopic (exact) mass is 315 g/mol. The fourth-order valence-corrected chi connectivity index (χ4v) is 4.07. The number of aliphatic hydroxyl groups is 1. The second-order valence-corrected chi connectivity index (χ2v) is 6.34. The first-order valence-corrected chi connectivity index (χ1v) is 8.04. The van der Waals surface area contributed by atoms with Gasteiger partial charge in [0.25, 0.3) is 0 Å². The third kappa shape index (κ3) is 2.28. The number of piperidine rings is 1. The largest absolute Gasteiger partial charge is 0.493 e. The summed E-state index contributed by atoms with van der Waals surface area (Å²) in [5, 5.41) is 11.0. The van der Waals surface area contributed by atoms with Crippen molar-refractivity contribution < 1.29 is 14.6 Å². The maximum absolute atomic E-state index is 10.0. The molecule has 23 heavy (non-hydrogen) atoms. The maximum Gasteiger partial charge on any atom is 0.162 e. The van der Waals surface area contributed by atoms with Crippen molar-refractivity contribution in [3.05, 3.63) is 18.5 Å². The van der Waals surface area contributed by atoms with Gasteiger partial charge in [0.05, 0.1) is 25.8 Å². The molecule has 2 fully saturated rings. The Morgan fingerprint density at radius 2 is 1.70 bits per heavy atom. The van der Waals surface area contributed by atoms with E-state index in [4.69, 9.17) is 9.47 Å². The second kappa shape index (κ2) is 5.53. The fraction of sp³-hybridized carbons (Fsp3) is 0.529. The molecule has 0 aliphatic carbocycles. The first-order valence-electron chi connectivity index (χ1n) is 8.04. The van der Waals surface area contributed by atoms with Crippen LogP contribution in [0.2, 0.25) is 0 Å². The smallest absolute Gasteiger partial charge is 0.162 e. The summed E-state index contributed by atoms with van der Waals surface area (Å²) in [5.41, 5.74) is 0.846. The third-order valence-electron chi connectivity index (χ3n) is 5.07. The van der Waals surface area contributed by atoms with E-state index in [2.05, 4.69) is 14.9 Å². The molecule has 2 aliphatic heterocycles. The lowest BCUT2D eigenvalue weighted by atomic mass is 9.99. The lowest BCUT2D eigenvalue weighted by Crippen LogP contribution is -2.45. The average Bonchev–Trinajstić information content (AvgIpc) is 2.84. The molecule has 122 valence electrons. The highest BCUT2D eigenvalue weighted by Gasteiger charge is 2.41. The number of benzene rings is 1. The minimum Gasteiger partial charge on any atom is -0.493 e. The van der Waals surface area contributed by atoms with Crippen LogP contribution in [0.3, 0.4) is 0 Å². The molecule has 1 N–H and O–H groups in total. The highest BCUT2D eigenvalue weighted by atomic mass is 16.5. The number of aromatic nitrogens is 2. The van der Waals surface area contributed by atoms with Crippen LogP contribution >= 0.6 is 0 Å². The van der Waals surface area contributed by atoms with E-state index in [1.165, 1.54) is 0 Å². The molecule has 3 heterocycles. The van der Waals surface area contributed by atoms with E-state index in [0.29, 0.717) is 23.6 Å². The summed E-state index contributed by atoms with van der Waals surface area (Å²) >= 11 is 0. The van der Waals surface area contributed by atoms with E-state index < -0.39 is 0 Å². The summed E-state index contributed by atoms with van der Waals surface area (Å²) in [7, 11) is 3.26. The van der Waals surface area contributed by atoms with Crippen molar-refractivity contribution in [1.29, 1.82) is 0 Å². The molecule has 0 spiro atoms.